The molecule has 0 aliphatic heterocycles. The fraction of sp³-hybridized carbons (Fsp3) is 0.600. The molecule has 0 aromatic heterocycles. The summed E-state index contributed by atoms with van der Waals surface area (Å²) in [7, 11) is 0. The van der Waals surface area contributed by atoms with Gasteiger partial charge in [-0.3, -0.25) is 0 Å². The van der Waals surface area contributed by atoms with Gasteiger partial charge in [0.25, 0.3) is 0 Å². The first-order valence-electron chi connectivity index (χ1n) is 6.53. The zero-order chi connectivity index (χ0) is 12.8. The Hall–Kier alpha value is -1.02. The van der Waals surface area contributed by atoms with Crippen molar-refractivity contribution in [3.63, 3.8) is 0 Å². The van der Waals surface area contributed by atoms with Gasteiger partial charge in [0.05, 0.1) is 6.61 Å². The van der Waals surface area contributed by atoms with E-state index in [-0.39, 0.29) is 0 Å². The Morgan fingerprint density at radius 3 is 2.59 bits per heavy atom. The van der Waals surface area contributed by atoms with Crippen molar-refractivity contribution in [1.29, 1.82) is 0 Å². The molecule has 2 N–H and O–H groups in total. The van der Waals surface area contributed by atoms with E-state index in [0.717, 1.165) is 18.7 Å². The molecule has 1 aromatic carbocycles. The molecule has 0 aliphatic carbocycles. The van der Waals surface area contributed by atoms with Crippen LogP contribution in [0.15, 0.2) is 18.2 Å². The van der Waals surface area contributed by atoms with Crippen LogP contribution < -0.4 is 10.5 Å². The second-order valence-electron chi connectivity index (χ2n) is 4.82. The normalized spacial score (nSPS) is 14.4. The lowest BCUT2D eigenvalue weighted by Crippen LogP contribution is -2.13. The molecular weight excluding hydrogens is 210 g/mol. The van der Waals surface area contributed by atoms with Crippen LogP contribution in [0.4, 0.5) is 0 Å². The van der Waals surface area contributed by atoms with E-state index in [0.29, 0.717) is 18.4 Å². The van der Waals surface area contributed by atoms with Gasteiger partial charge in [0, 0.05) is 0 Å². The quantitative estimate of drug-likeness (QED) is 0.819. The minimum Gasteiger partial charge on any atom is -0.494 e. The summed E-state index contributed by atoms with van der Waals surface area (Å²) in [6.07, 6.45) is 1.06. The van der Waals surface area contributed by atoms with E-state index < -0.39 is 0 Å². The smallest absolute Gasteiger partial charge is 0.122 e. The summed E-state index contributed by atoms with van der Waals surface area (Å²) >= 11 is 0. The molecule has 0 heterocycles. The summed E-state index contributed by atoms with van der Waals surface area (Å²) in [5.74, 6) is 2.09. The molecule has 2 heteroatoms. The van der Waals surface area contributed by atoms with Crippen molar-refractivity contribution in [3.05, 3.63) is 29.3 Å². The molecule has 0 bridgehead atoms. The van der Waals surface area contributed by atoms with Crippen LogP contribution in [0.5, 0.6) is 5.75 Å². The number of ether oxygens (including phenoxy) is 1. The van der Waals surface area contributed by atoms with Gasteiger partial charge < -0.3 is 10.5 Å². The second kappa shape index (κ2) is 6.65. The Labute approximate surface area is 105 Å². The van der Waals surface area contributed by atoms with Gasteiger partial charge in [-0.15, -0.1) is 0 Å². The summed E-state index contributed by atoms with van der Waals surface area (Å²) in [5, 5.41) is 0. The number of rotatable bonds is 6. The van der Waals surface area contributed by atoms with Crippen molar-refractivity contribution in [2.75, 3.05) is 13.2 Å². The first-order chi connectivity index (χ1) is 8.10. The van der Waals surface area contributed by atoms with Crippen LogP contribution in [0.1, 0.15) is 44.2 Å². The molecule has 0 aliphatic rings. The molecule has 0 saturated heterocycles. The third-order valence-corrected chi connectivity index (χ3v) is 3.43. The molecule has 1 rings (SSSR count). The predicted molar refractivity (Wildman–Crippen MR) is 73.6 cm³/mol. The van der Waals surface area contributed by atoms with E-state index in [4.69, 9.17) is 10.5 Å². The van der Waals surface area contributed by atoms with Gasteiger partial charge in [0.15, 0.2) is 0 Å². The van der Waals surface area contributed by atoms with Crippen LogP contribution >= 0.6 is 0 Å². The van der Waals surface area contributed by atoms with Crippen molar-refractivity contribution < 1.29 is 4.74 Å². The van der Waals surface area contributed by atoms with E-state index in [1.165, 1.54) is 11.1 Å². The summed E-state index contributed by atoms with van der Waals surface area (Å²) in [6.45, 7) is 10.1. The molecule has 0 radical (unpaired) electrons. The van der Waals surface area contributed by atoms with E-state index in [2.05, 4.69) is 39.0 Å². The summed E-state index contributed by atoms with van der Waals surface area (Å²) in [5.41, 5.74) is 8.24. The highest BCUT2D eigenvalue weighted by molar-refractivity contribution is 5.39. The fourth-order valence-electron chi connectivity index (χ4n) is 2.13. The Kier molecular flexibility index (Phi) is 5.49. The van der Waals surface area contributed by atoms with Crippen molar-refractivity contribution >= 4 is 0 Å². The number of nitrogens with two attached hydrogens (primary N) is 1. The highest BCUT2D eigenvalue weighted by Gasteiger charge is 2.17. The van der Waals surface area contributed by atoms with Gasteiger partial charge >= 0.3 is 0 Å². The maximum atomic E-state index is 5.71. The highest BCUT2D eigenvalue weighted by Crippen LogP contribution is 2.33. The Bertz CT molecular complexity index is 349. The van der Waals surface area contributed by atoms with Crippen LogP contribution in [0.2, 0.25) is 0 Å². The van der Waals surface area contributed by atoms with Gasteiger partial charge in [0.2, 0.25) is 0 Å². The molecule has 2 unspecified atom stereocenters. The lowest BCUT2D eigenvalue weighted by Gasteiger charge is -2.22. The van der Waals surface area contributed by atoms with Gasteiger partial charge in [0.1, 0.15) is 5.75 Å². The average Bonchev–Trinajstić information content (AvgIpc) is 2.31. The lowest BCUT2D eigenvalue weighted by molar-refractivity contribution is 0.329. The Morgan fingerprint density at radius 2 is 2.00 bits per heavy atom. The van der Waals surface area contributed by atoms with Gasteiger partial charge in [-0.25, -0.2) is 0 Å². The zero-order valence-corrected chi connectivity index (χ0v) is 11.5. The third-order valence-electron chi connectivity index (χ3n) is 3.43. The van der Waals surface area contributed by atoms with E-state index in [9.17, 15) is 0 Å². The zero-order valence-electron chi connectivity index (χ0n) is 11.5. The van der Waals surface area contributed by atoms with Crippen molar-refractivity contribution in [3.8, 4) is 5.75 Å². The SMILES string of the molecule is CCOc1ccc(C)cc1C(C)C(C)CCN. The molecule has 1 aromatic rings. The van der Waals surface area contributed by atoms with Crippen molar-refractivity contribution in [1.82, 2.24) is 0 Å². The molecule has 2 atom stereocenters. The van der Waals surface area contributed by atoms with E-state index >= 15 is 0 Å². The van der Waals surface area contributed by atoms with Crippen LogP contribution in [-0.4, -0.2) is 13.2 Å². The molecule has 0 spiro atoms. The Balaban J connectivity index is 2.96. The Morgan fingerprint density at radius 1 is 1.29 bits per heavy atom. The van der Waals surface area contributed by atoms with Crippen LogP contribution in [0.25, 0.3) is 0 Å². The topological polar surface area (TPSA) is 35.2 Å². The largest absolute Gasteiger partial charge is 0.494 e. The molecule has 0 saturated carbocycles. The first-order valence-corrected chi connectivity index (χ1v) is 6.53. The minimum absolute atomic E-state index is 0.486. The summed E-state index contributed by atoms with van der Waals surface area (Å²) in [4.78, 5) is 0. The molecule has 0 fully saturated rings. The molecule has 17 heavy (non-hydrogen) atoms. The molecule has 2 nitrogen and oxygen atoms in total. The third kappa shape index (κ3) is 3.74. The van der Waals surface area contributed by atoms with Gasteiger partial charge in [-0.05, 0) is 50.3 Å². The minimum atomic E-state index is 0.486. The van der Waals surface area contributed by atoms with Crippen molar-refractivity contribution in [2.45, 2.75) is 40.0 Å². The monoisotopic (exact) mass is 235 g/mol. The van der Waals surface area contributed by atoms with Gasteiger partial charge in [-0.1, -0.05) is 31.5 Å². The predicted octanol–water partition coefficient (Wildman–Crippen LogP) is 3.48. The summed E-state index contributed by atoms with van der Waals surface area (Å²) in [6, 6.07) is 6.43. The van der Waals surface area contributed by atoms with Crippen LogP contribution in [-0.2, 0) is 0 Å². The number of benzene rings is 1. The second-order valence-corrected chi connectivity index (χ2v) is 4.82. The van der Waals surface area contributed by atoms with Crippen LogP contribution in [0, 0.1) is 12.8 Å². The number of hydrogen-bond acceptors (Lipinski definition) is 2. The molecular formula is C15H25NO. The number of aryl methyl sites for hydroxylation is 1. The fourth-order valence-corrected chi connectivity index (χ4v) is 2.13. The lowest BCUT2D eigenvalue weighted by atomic mass is 9.85. The molecule has 96 valence electrons. The van der Waals surface area contributed by atoms with Crippen LogP contribution in [0.3, 0.4) is 0 Å². The maximum Gasteiger partial charge on any atom is 0.122 e. The highest BCUT2D eigenvalue weighted by atomic mass is 16.5. The average molecular weight is 235 g/mol. The van der Waals surface area contributed by atoms with E-state index in [1.54, 1.807) is 0 Å². The van der Waals surface area contributed by atoms with Gasteiger partial charge in [-0.2, -0.15) is 0 Å². The molecule has 0 amide bonds. The summed E-state index contributed by atoms with van der Waals surface area (Å²) < 4.78 is 5.71. The maximum absolute atomic E-state index is 5.71. The first kappa shape index (κ1) is 14.0. The standard InChI is InChI=1S/C15H25NO/c1-5-17-15-7-6-11(2)10-14(15)13(4)12(3)8-9-16/h6-7,10,12-13H,5,8-9,16H2,1-4H3. The van der Waals surface area contributed by atoms with Crippen molar-refractivity contribution in [2.24, 2.45) is 11.7 Å². The number of hydrogen-bond donors (Lipinski definition) is 1. The van der Waals surface area contributed by atoms with E-state index in [1.807, 2.05) is 6.92 Å².